The second kappa shape index (κ2) is 4.19. The van der Waals surface area contributed by atoms with Crippen molar-refractivity contribution in [2.45, 2.75) is 18.8 Å². The lowest BCUT2D eigenvalue weighted by atomic mass is 10.1. The molecule has 0 atom stereocenters. The standard InChI is InChI=1S/C12H12BrNO/c1-2-14-11-6-4-3-5-9(11)7-10(8-13)12(14)15/h3-7H,2,8H2,1H3. The maximum absolute atomic E-state index is 12.0. The number of hydrogen-bond donors (Lipinski definition) is 0. The van der Waals surface area contributed by atoms with Gasteiger partial charge in [-0.1, -0.05) is 34.1 Å². The number of alkyl halides is 1. The van der Waals surface area contributed by atoms with Crippen LogP contribution in [0.15, 0.2) is 35.1 Å². The SMILES string of the molecule is CCn1c(=O)c(CBr)cc2ccccc21. The van der Waals surface area contributed by atoms with Gasteiger partial charge in [-0.3, -0.25) is 4.79 Å². The Hall–Kier alpha value is -1.09. The molecule has 0 radical (unpaired) electrons. The van der Waals surface area contributed by atoms with Gasteiger partial charge in [0.1, 0.15) is 0 Å². The molecule has 2 aromatic rings. The van der Waals surface area contributed by atoms with Crippen LogP contribution in [0.25, 0.3) is 10.9 Å². The Bertz CT molecular complexity index is 545. The number of hydrogen-bond acceptors (Lipinski definition) is 1. The van der Waals surface area contributed by atoms with Crippen molar-refractivity contribution in [3.8, 4) is 0 Å². The van der Waals surface area contributed by atoms with Crippen molar-refractivity contribution in [2.24, 2.45) is 0 Å². The monoisotopic (exact) mass is 265 g/mol. The normalized spacial score (nSPS) is 10.8. The predicted octanol–water partition coefficient (Wildman–Crippen LogP) is 2.92. The van der Waals surface area contributed by atoms with Crippen LogP contribution in [0.1, 0.15) is 12.5 Å². The molecule has 0 saturated heterocycles. The summed E-state index contributed by atoms with van der Waals surface area (Å²) in [7, 11) is 0. The van der Waals surface area contributed by atoms with Gasteiger partial charge in [-0.15, -0.1) is 0 Å². The summed E-state index contributed by atoms with van der Waals surface area (Å²) in [6.45, 7) is 2.70. The fourth-order valence-electron chi connectivity index (χ4n) is 1.80. The summed E-state index contributed by atoms with van der Waals surface area (Å²) < 4.78 is 1.81. The fraction of sp³-hybridized carbons (Fsp3) is 0.250. The molecular formula is C12H12BrNO. The van der Waals surface area contributed by atoms with Gasteiger partial charge in [0.15, 0.2) is 0 Å². The van der Waals surface area contributed by atoms with Crippen molar-refractivity contribution in [3.63, 3.8) is 0 Å². The van der Waals surface area contributed by atoms with Crippen molar-refractivity contribution in [3.05, 3.63) is 46.2 Å². The molecule has 0 aliphatic carbocycles. The van der Waals surface area contributed by atoms with E-state index in [-0.39, 0.29) is 5.56 Å². The lowest BCUT2D eigenvalue weighted by Gasteiger charge is -2.09. The lowest BCUT2D eigenvalue weighted by Crippen LogP contribution is -2.22. The summed E-state index contributed by atoms with van der Waals surface area (Å²) in [4.78, 5) is 12.0. The highest BCUT2D eigenvalue weighted by atomic mass is 79.9. The largest absolute Gasteiger partial charge is 0.308 e. The van der Waals surface area contributed by atoms with E-state index in [0.29, 0.717) is 11.9 Å². The summed E-state index contributed by atoms with van der Waals surface area (Å²) in [5, 5.41) is 1.73. The molecule has 0 unspecified atom stereocenters. The molecule has 0 N–H and O–H groups in total. The highest BCUT2D eigenvalue weighted by Crippen LogP contribution is 2.14. The first-order valence-electron chi connectivity index (χ1n) is 4.95. The van der Waals surface area contributed by atoms with Gasteiger partial charge in [-0.25, -0.2) is 0 Å². The van der Waals surface area contributed by atoms with Crippen LogP contribution in [-0.4, -0.2) is 4.57 Å². The van der Waals surface area contributed by atoms with E-state index < -0.39 is 0 Å². The molecule has 3 heteroatoms. The van der Waals surface area contributed by atoms with Gasteiger partial charge in [0.25, 0.3) is 5.56 Å². The van der Waals surface area contributed by atoms with E-state index in [0.717, 1.165) is 16.5 Å². The number of pyridine rings is 1. The Morgan fingerprint density at radius 2 is 2.07 bits per heavy atom. The Kier molecular flexibility index (Phi) is 2.91. The molecule has 2 rings (SSSR count). The molecule has 2 nitrogen and oxygen atoms in total. The summed E-state index contributed by atoms with van der Waals surface area (Å²) in [6.07, 6.45) is 0. The first-order valence-corrected chi connectivity index (χ1v) is 6.07. The third-order valence-electron chi connectivity index (χ3n) is 2.54. The van der Waals surface area contributed by atoms with Gasteiger partial charge in [-0.2, -0.15) is 0 Å². The zero-order chi connectivity index (χ0) is 10.8. The minimum atomic E-state index is 0.105. The Labute approximate surface area is 96.7 Å². The van der Waals surface area contributed by atoms with Crippen molar-refractivity contribution < 1.29 is 0 Å². The topological polar surface area (TPSA) is 22.0 Å². The molecular weight excluding hydrogens is 254 g/mol. The van der Waals surface area contributed by atoms with E-state index in [1.54, 1.807) is 0 Å². The minimum absolute atomic E-state index is 0.105. The molecule has 78 valence electrons. The van der Waals surface area contributed by atoms with Crippen molar-refractivity contribution in [1.82, 2.24) is 4.57 Å². The highest BCUT2D eigenvalue weighted by Gasteiger charge is 2.05. The third kappa shape index (κ3) is 1.72. The van der Waals surface area contributed by atoms with E-state index in [9.17, 15) is 4.79 Å². The van der Waals surface area contributed by atoms with Crippen LogP contribution < -0.4 is 5.56 Å². The number of rotatable bonds is 2. The molecule has 1 heterocycles. The number of nitrogens with zero attached hydrogens (tertiary/aromatic N) is 1. The number of benzene rings is 1. The van der Waals surface area contributed by atoms with Gasteiger partial charge in [0.2, 0.25) is 0 Å². The van der Waals surface area contributed by atoms with Crippen LogP contribution >= 0.6 is 15.9 Å². The van der Waals surface area contributed by atoms with Crippen LogP contribution in [-0.2, 0) is 11.9 Å². The number of halogens is 1. The Morgan fingerprint density at radius 1 is 1.33 bits per heavy atom. The maximum atomic E-state index is 12.0. The van der Waals surface area contributed by atoms with Crippen LogP contribution in [0, 0.1) is 0 Å². The molecule has 0 amide bonds. The first kappa shape index (κ1) is 10.4. The van der Waals surface area contributed by atoms with E-state index in [2.05, 4.69) is 15.9 Å². The maximum Gasteiger partial charge on any atom is 0.255 e. The zero-order valence-electron chi connectivity index (χ0n) is 8.53. The lowest BCUT2D eigenvalue weighted by molar-refractivity contribution is 0.753. The smallest absolute Gasteiger partial charge is 0.255 e. The van der Waals surface area contributed by atoms with Gasteiger partial charge in [0, 0.05) is 17.4 Å². The van der Waals surface area contributed by atoms with E-state index in [1.807, 2.05) is 41.8 Å². The molecule has 0 saturated carbocycles. The number of aryl methyl sites for hydroxylation is 1. The van der Waals surface area contributed by atoms with E-state index >= 15 is 0 Å². The van der Waals surface area contributed by atoms with Gasteiger partial charge in [0.05, 0.1) is 5.52 Å². The fourth-order valence-corrected chi connectivity index (χ4v) is 2.20. The Balaban J connectivity index is 2.90. The second-order valence-corrected chi connectivity index (χ2v) is 3.97. The number of para-hydroxylation sites is 1. The molecule has 15 heavy (non-hydrogen) atoms. The average Bonchev–Trinajstić information content (AvgIpc) is 2.28. The molecule has 0 bridgehead atoms. The predicted molar refractivity (Wildman–Crippen MR) is 66.5 cm³/mol. The number of aromatic nitrogens is 1. The Morgan fingerprint density at radius 3 is 2.73 bits per heavy atom. The zero-order valence-corrected chi connectivity index (χ0v) is 10.1. The van der Waals surface area contributed by atoms with E-state index in [1.165, 1.54) is 0 Å². The first-order chi connectivity index (χ1) is 7.27. The van der Waals surface area contributed by atoms with Gasteiger partial charge >= 0.3 is 0 Å². The van der Waals surface area contributed by atoms with Crippen molar-refractivity contribution >= 4 is 26.8 Å². The third-order valence-corrected chi connectivity index (χ3v) is 3.14. The van der Waals surface area contributed by atoms with Crippen molar-refractivity contribution in [1.29, 1.82) is 0 Å². The molecule has 1 aromatic carbocycles. The van der Waals surface area contributed by atoms with Gasteiger partial charge in [-0.05, 0) is 24.4 Å². The van der Waals surface area contributed by atoms with Crippen LogP contribution in [0.4, 0.5) is 0 Å². The second-order valence-electron chi connectivity index (χ2n) is 3.41. The molecule has 0 spiro atoms. The van der Waals surface area contributed by atoms with Crippen molar-refractivity contribution in [2.75, 3.05) is 0 Å². The quantitative estimate of drug-likeness (QED) is 0.766. The van der Waals surface area contributed by atoms with Crippen LogP contribution in [0.2, 0.25) is 0 Å². The molecule has 1 aromatic heterocycles. The summed E-state index contributed by atoms with van der Waals surface area (Å²) >= 11 is 3.34. The van der Waals surface area contributed by atoms with Crippen LogP contribution in [0.3, 0.4) is 0 Å². The minimum Gasteiger partial charge on any atom is -0.308 e. The summed E-state index contributed by atoms with van der Waals surface area (Å²) in [5.74, 6) is 0. The van der Waals surface area contributed by atoms with Gasteiger partial charge < -0.3 is 4.57 Å². The summed E-state index contributed by atoms with van der Waals surface area (Å²) in [5.41, 5.74) is 1.93. The number of fused-ring (bicyclic) bond motifs is 1. The highest BCUT2D eigenvalue weighted by molar-refractivity contribution is 9.08. The molecule has 0 aliphatic rings. The average molecular weight is 266 g/mol. The molecule has 0 aliphatic heterocycles. The van der Waals surface area contributed by atoms with Crippen LogP contribution in [0.5, 0.6) is 0 Å². The summed E-state index contributed by atoms with van der Waals surface area (Å²) in [6, 6.07) is 9.93. The molecule has 0 fully saturated rings. The van der Waals surface area contributed by atoms with E-state index in [4.69, 9.17) is 0 Å².